The Kier molecular flexibility index (Phi) is 7.19. The molecule has 2 aromatic heterocycles. The van der Waals surface area contributed by atoms with Crippen LogP contribution in [-0.2, 0) is 5.41 Å². The fourth-order valence-corrected chi connectivity index (χ4v) is 10.2. The van der Waals surface area contributed by atoms with Gasteiger partial charge in [-0.05, 0) is 45.5 Å². The first-order chi connectivity index (χ1) is 25.3. The highest BCUT2D eigenvalue weighted by atomic mass is 32.2. The zero-order chi connectivity index (χ0) is 33.8. The van der Waals surface area contributed by atoms with E-state index in [0.29, 0.717) is 0 Å². The van der Waals surface area contributed by atoms with Gasteiger partial charge in [0.15, 0.2) is 5.82 Å². The number of benzene rings is 7. The number of aromatic nitrogens is 2. The summed E-state index contributed by atoms with van der Waals surface area (Å²) in [6.07, 6.45) is 0. The van der Waals surface area contributed by atoms with Crippen LogP contribution in [0.5, 0.6) is 0 Å². The van der Waals surface area contributed by atoms with Crippen molar-refractivity contribution >= 4 is 43.4 Å². The molecule has 1 aliphatic rings. The Labute approximate surface area is 305 Å². The van der Waals surface area contributed by atoms with E-state index in [1.807, 2.05) is 11.8 Å². The van der Waals surface area contributed by atoms with Crippen molar-refractivity contribution in [2.24, 2.45) is 0 Å². The van der Waals surface area contributed by atoms with Crippen molar-refractivity contribution in [3.8, 4) is 33.8 Å². The molecule has 0 radical (unpaired) electrons. The van der Waals surface area contributed by atoms with Gasteiger partial charge in [0.05, 0.1) is 21.3 Å². The number of thiophene rings is 1. The van der Waals surface area contributed by atoms with E-state index in [4.69, 9.17) is 9.97 Å². The highest BCUT2D eigenvalue weighted by molar-refractivity contribution is 7.99. The summed E-state index contributed by atoms with van der Waals surface area (Å²) < 4.78 is 2.32. The Balaban J connectivity index is 1.24. The standard InChI is InChI=1S/C47H30N2S2/c1-4-15-31(16-5-1)32-27-29-33(30-28-32)42-45-43(36-21-10-12-25-40(36)50-45)49-46(48-42)37-22-14-24-39-44(37)51-41-26-13-11-23-38(41)47(39,34-17-6-2-7-18-34)35-19-8-3-9-20-35/h1-30H. The van der Waals surface area contributed by atoms with Crippen molar-refractivity contribution < 1.29 is 0 Å². The molecular formula is C47H30N2S2. The molecule has 2 nitrogen and oxygen atoms in total. The third-order valence-electron chi connectivity index (χ3n) is 10.1. The lowest BCUT2D eigenvalue weighted by Crippen LogP contribution is -2.34. The number of rotatable bonds is 5. The zero-order valence-electron chi connectivity index (χ0n) is 27.5. The first-order valence-corrected chi connectivity index (χ1v) is 18.8. The van der Waals surface area contributed by atoms with Crippen LogP contribution in [0.3, 0.4) is 0 Å². The molecule has 0 N–H and O–H groups in total. The lowest BCUT2D eigenvalue weighted by atomic mass is 9.64. The third kappa shape index (κ3) is 4.79. The summed E-state index contributed by atoms with van der Waals surface area (Å²) >= 11 is 3.60. The van der Waals surface area contributed by atoms with E-state index in [-0.39, 0.29) is 0 Å². The second-order valence-electron chi connectivity index (χ2n) is 12.9. The van der Waals surface area contributed by atoms with Crippen LogP contribution in [0, 0.1) is 0 Å². The van der Waals surface area contributed by atoms with Gasteiger partial charge in [0.1, 0.15) is 0 Å². The number of hydrogen-bond donors (Lipinski definition) is 0. The minimum atomic E-state index is -0.523. The Morgan fingerprint density at radius 3 is 1.78 bits per heavy atom. The molecule has 9 aromatic rings. The maximum atomic E-state index is 5.48. The summed E-state index contributed by atoms with van der Waals surface area (Å²) in [6.45, 7) is 0. The lowest BCUT2D eigenvalue weighted by molar-refractivity contribution is 0.703. The number of fused-ring (bicyclic) bond motifs is 5. The first-order valence-electron chi connectivity index (χ1n) is 17.2. The molecule has 4 heteroatoms. The summed E-state index contributed by atoms with van der Waals surface area (Å²) in [5, 5.41) is 1.16. The van der Waals surface area contributed by atoms with Crippen molar-refractivity contribution in [1.82, 2.24) is 9.97 Å². The SMILES string of the molecule is c1ccc(-c2ccc(-c3nc(-c4cccc5c4Sc4ccccc4C5(c4ccccc4)c4ccccc4)nc4c3sc3ccccc34)cc2)cc1. The van der Waals surface area contributed by atoms with Crippen LogP contribution in [0.25, 0.3) is 54.1 Å². The van der Waals surface area contributed by atoms with E-state index in [1.165, 1.54) is 47.9 Å². The van der Waals surface area contributed by atoms with Gasteiger partial charge in [0.2, 0.25) is 0 Å². The second kappa shape index (κ2) is 12.2. The lowest BCUT2D eigenvalue weighted by Gasteiger charge is -2.42. The number of hydrogen-bond acceptors (Lipinski definition) is 4. The van der Waals surface area contributed by atoms with Crippen molar-refractivity contribution in [3.05, 3.63) is 204 Å². The van der Waals surface area contributed by atoms with Gasteiger partial charge in [-0.3, -0.25) is 0 Å². The van der Waals surface area contributed by atoms with Gasteiger partial charge in [0.25, 0.3) is 0 Å². The average Bonchev–Trinajstić information content (AvgIpc) is 3.59. The molecular weight excluding hydrogens is 657 g/mol. The molecule has 0 atom stereocenters. The summed E-state index contributed by atoms with van der Waals surface area (Å²) in [7, 11) is 0. The molecule has 51 heavy (non-hydrogen) atoms. The fraction of sp³-hybridized carbons (Fsp3) is 0.0213. The summed E-state index contributed by atoms with van der Waals surface area (Å²) in [5.74, 6) is 0.743. The van der Waals surface area contributed by atoms with Gasteiger partial charge in [-0.15, -0.1) is 11.3 Å². The van der Waals surface area contributed by atoms with Gasteiger partial charge in [0, 0.05) is 31.0 Å². The van der Waals surface area contributed by atoms with Crippen LogP contribution in [-0.4, -0.2) is 9.97 Å². The second-order valence-corrected chi connectivity index (χ2v) is 15.0. The topological polar surface area (TPSA) is 25.8 Å². The Morgan fingerprint density at radius 1 is 0.451 bits per heavy atom. The van der Waals surface area contributed by atoms with Crippen LogP contribution < -0.4 is 0 Å². The van der Waals surface area contributed by atoms with Crippen molar-refractivity contribution in [2.75, 3.05) is 0 Å². The minimum Gasteiger partial charge on any atom is -0.226 e. The molecule has 0 saturated carbocycles. The van der Waals surface area contributed by atoms with E-state index in [9.17, 15) is 0 Å². The fourth-order valence-electron chi connectivity index (χ4n) is 7.76. The highest BCUT2D eigenvalue weighted by Gasteiger charge is 2.45. The van der Waals surface area contributed by atoms with Gasteiger partial charge < -0.3 is 0 Å². The molecule has 0 amide bonds. The van der Waals surface area contributed by atoms with Crippen LogP contribution in [0.2, 0.25) is 0 Å². The molecule has 0 spiro atoms. The van der Waals surface area contributed by atoms with Gasteiger partial charge in [-0.2, -0.15) is 0 Å². The first kappa shape index (κ1) is 30.1. The molecule has 0 unspecified atom stereocenters. The van der Waals surface area contributed by atoms with Crippen LogP contribution in [0.15, 0.2) is 192 Å². The molecule has 240 valence electrons. The molecule has 1 aliphatic heterocycles. The molecule has 3 heterocycles. The van der Waals surface area contributed by atoms with Crippen LogP contribution in [0.4, 0.5) is 0 Å². The quantitative estimate of drug-likeness (QED) is 0.180. The van der Waals surface area contributed by atoms with Crippen molar-refractivity contribution in [3.63, 3.8) is 0 Å². The smallest absolute Gasteiger partial charge is 0.161 e. The van der Waals surface area contributed by atoms with E-state index in [2.05, 4.69) is 182 Å². The molecule has 7 aromatic carbocycles. The molecule has 0 aliphatic carbocycles. The third-order valence-corrected chi connectivity index (χ3v) is 12.4. The van der Waals surface area contributed by atoms with Gasteiger partial charge in [-0.25, -0.2) is 9.97 Å². The summed E-state index contributed by atoms with van der Waals surface area (Å²) in [6, 6.07) is 65.5. The van der Waals surface area contributed by atoms with Crippen LogP contribution in [0.1, 0.15) is 22.3 Å². The zero-order valence-corrected chi connectivity index (χ0v) is 29.2. The Morgan fingerprint density at radius 2 is 1.04 bits per heavy atom. The predicted octanol–water partition coefficient (Wildman–Crippen LogP) is 12.7. The van der Waals surface area contributed by atoms with E-state index >= 15 is 0 Å². The monoisotopic (exact) mass is 686 g/mol. The minimum absolute atomic E-state index is 0.523. The summed E-state index contributed by atoms with van der Waals surface area (Å²) in [4.78, 5) is 13.3. The normalized spacial score (nSPS) is 13.2. The maximum absolute atomic E-state index is 5.48. The maximum Gasteiger partial charge on any atom is 0.161 e. The molecule has 0 bridgehead atoms. The van der Waals surface area contributed by atoms with E-state index in [1.54, 1.807) is 11.3 Å². The van der Waals surface area contributed by atoms with Crippen LogP contribution >= 0.6 is 23.1 Å². The van der Waals surface area contributed by atoms with E-state index in [0.717, 1.165) is 38.2 Å². The van der Waals surface area contributed by atoms with Gasteiger partial charge in [-0.1, -0.05) is 182 Å². The summed E-state index contributed by atoms with van der Waals surface area (Å²) in [5.41, 5.74) is 11.0. The Hall–Kier alpha value is -5.81. The predicted molar refractivity (Wildman–Crippen MR) is 214 cm³/mol. The number of nitrogens with zero attached hydrogens (tertiary/aromatic N) is 2. The largest absolute Gasteiger partial charge is 0.226 e. The van der Waals surface area contributed by atoms with Crippen molar-refractivity contribution in [2.45, 2.75) is 15.2 Å². The average molecular weight is 687 g/mol. The van der Waals surface area contributed by atoms with Crippen molar-refractivity contribution in [1.29, 1.82) is 0 Å². The molecule has 0 saturated heterocycles. The highest BCUT2D eigenvalue weighted by Crippen LogP contribution is 2.57. The Bertz CT molecular complexity index is 2660. The molecule has 0 fully saturated rings. The van der Waals surface area contributed by atoms with E-state index < -0.39 is 5.41 Å². The molecule has 10 rings (SSSR count). The van der Waals surface area contributed by atoms with Gasteiger partial charge >= 0.3 is 0 Å².